The van der Waals surface area contributed by atoms with Crippen LogP contribution in [0.4, 0.5) is 11.4 Å². The molecule has 1 amide bonds. The van der Waals surface area contributed by atoms with E-state index < -0.39 is 4.92 Å². The summed E-state index contributed by atoms with van der Waals surface area (Å²) < 4.78 is 4.86. The topological polar surface area (TPSA) is 92.9 Å². The van der Waals surface area contributed by atoms with Crippen LogP contribution in [0.3, 0.4) is 0 Å². The van der Waals surface area contributed by atoms with Crippen molar-refractivity contribution < 1.29 is 19.6 Å². The number of hydrogen-bond donors (Lipinski definition) is 1. The number of rotatable bonds is 2. The van der Waals surface area contributed by atoms with Crippen molar-refractivity contribution >= 4 is 17.3 Å². The molecule has 0 aromatic heterocycles. The third-order valence-electron chi connectivity index (χ3n) is 2.94. The van der Waals surface area contributed by atoms with Gasteiger partial charge in [0.05, 0.1) is 17.7 Å². The fourth-order valence-electron chi connectivity index (χ4n) is 2.17. The number of carbonyl (C=O) groups excluding carboxylic acids is 1. The van der Waals surface area contributed by atoms with Gasteiger partial charge in [-0.15, -0.1) is 0 Å². The van der Waals surface area contributed by atoms with Gasteiger partial charge in [-0.25, -0.2) is 0 Å². The average Bonchev–Trinajstić information content (AvgIpc) is 2.72. The summed E-state index contributed by atoms with van der Waals surface area (Å²) >= 11 is 0. The van der Waals surface area contributed by atoms with Crippen molar-refractivity contribution in [1.82, 2.24) is 0 Å². The number of nitro groups is 1. The lowest BCUT2D eigenvalue weighted by Gasteiger charge is -2.17. The summed E-state index contributed by atoms with van der Waals surface area (Å²) in [7, 11) is 1.24. The maximum Gasteiger partial charge on any atom is 0.315 e. The molecule has 18 heavy (non-hydrogen) atoms. The molecule has 0 atom stereocenters. The van der Waals surface area contributed by atoms with E-state index in [0.717, 1.165) is 0 Å². The zero-order valence-corrected chi connectivity index (χ0v) is 9.97. The van der Waals surface area contributed by atoms with Crippen LogP contribution >= 0.6 is 0 Å². The van der Waals surface area contributed by atoms with Gasteiger partial charge in [-0.3, -0.25) is 14.9 Å². The molecule has 0 fully saturated rings. The summed E-state index contributed by atoms with van der Waals surface area (Å²) in [4.78, 5) is 23.1. The predicted octanol–water partition coefficient (Wildman–Crippen LogP) is 1.22. The Morgan fingerprint density at radius 2 is 2.28 bits per heavy atom. The van der Waals surface area contributed by atoms with Crippen LogP contribution in [0.2, 0.25) is 0 Å². The summed E-state index contributed by atoms with van der Waals surface area (Å²) in [5.74, 6) is -0.791. The Morgan fingerprint density at radius 1 is 1.61 bits per heavy atom. The van der Waals surface area contributed by atoms with E-state index in [9.17, 15) is 20.0 Å². The highest BCUT2D eigenvalue weighted by Crippen LogP contribution is 2.48. The van der Waals surface area contributed by atoms with Crippen LogP contribution in [0.1, 0.15) is 12.5 Å². The lowest BCUT2D eigenvalue weighted by Crippen LogP contribution is -2.25. The molecule has 96 valence electrons. The Balaban J connectivity index is 2.67. The number of nitrogens with zero attached hydrogens (tertiary/aromatic N) is 2. The number of phenols is 1. The molecular formula is C11H12N2O5. The van der Waals surface area contributed by atoms with Gasteiger partial charge in [0.1, 0.15) is 0 Å². The highest BCUT2D eigenvalue weighted by atomic mass is 16.6. The van der Waals surface area contributed by atoms with Crippen LogP contribution in [-0.2, 0) is 11.2 Å². The summed E-state index contributed by atoms with van der Waals surface area (Å²) in [6.07, 6.45) is 0.479. The standard InChI is InChI=1S/C11H12N2O5/c1-6(14)12-4-3-7-5-8(13(16)17)11(18-2)10(15)9(7)12/h5,15H,3-4H2,1-2H3. The van der Waals surface area contributed by atoms with E-state index in [-0.39, 0.29) is 23.1 Å². The number of ether oxygens (including phenoxy) is 1. The zero-order valence-electron chi connectivity index (χ0n) is 9.97. The Labute approximate surface area is 103 Å². The largest absolute Gasteiger partial charge is 0.503 e. The van der Waals surface area contributed by atoms with Gasteiger partial charge < -0.3 is 14.7 Å². The number of anilines is 1. The summed E-state index contributed by atoms with van der Waals surface area (Å²) in [5.41, 5.74) is 0.597. The number of nitro benzene ring substituents is 1. The Morgan fingerprint density at radius 3 is 2.78 bits per heavy atom. The highest BCUT2D eigenvalue weighted by Gasteiger charge is 2.33. The van der Waals surface area contributed by atoms with E-state index >= 15 is 0 Å². The first kappa shape index (κ1) is 12.2. The van der Waals surface area contributed by atoms with Gasteiger partial charge in [-0.05, 0) is 12.0 Å². The molecule has 0 radical (unpaired) electrons. The number of fused-ring (bicyclic) bond motifs is 1. The minimum Gasteiger partial charge on any atom is -0.503 e. The molecule has 7 heteroatoms. The van der Waals surface area contributed by atoms with E-state index in [1.165, 1.54) is 25.0 Å². The second-order valence-electron chi connectivity index (χ2n) is 3.96. The minimum absolute atomic E-state index is 0.216. The van der Waals surface area contributed by atoms with Crippen molar-refractivity contribution in [2.75, 3.05) is 18.6 Å². The van der Waals surface area contributed by atoms with E-state index in [1.54, 1.807) is 0 Å². The molecule has 1 aromatic rings. The third-order valence-corrected chi connectivity index (χ3v) is 2.94. The third kappa shape index (κ3) is 1.64. The number of benzene rings is 1. The maximum absolute atomic E-state index is 11.4. The van der Waals surface area contributed by atoms with E-state index in [2.05, 4.69) is 0 Å². The molecule has 0 aliphatic carbocycles. The molecule has 7 nitrogen and oxygen atoms in total. The maximum atomic E-state index is 11.4. The SMILES string of the molecule is COc1c([N+](=O)[O-])cc2c(c1O)N(C(C)=O)CC2. The first-order chi connectivity index (χ1) is 8.47. The van der Waals surface area contributed by atoms with E-state index in [4.69, 9.17) is 4.74 Å². The molecule has 0 unspecified atom stereocenters. The van der Waals surface area contributed by atoms with Gasteiger partial charge in [0, 0.05) is 19.5 Å². The van der Waals surface area contributed by atoms with Crippen molar-refractivity contribution in [2.45, 2.75) is 13.3 Å². The molecule has 0 bridgehead atoms. The lowest BCUT2D eigenvalue weighted by molar-refractivity contribution is -0.385. The monoisotopic (exact) mass is 252 g/mol. The molecule has 1 aromatic carbocycles. The van der Waals surface area contributed by atoms with Crippen molar-refractivity contribution in [1.29, 1.82) is 0 Å². The first-order valence-corrected chi connectivity index (χ1v) is 5.32. The zero-order chi connectivity index (χ0) is 13.4. The second kappa shape index (κ2) is 4.17. The highest BCUT2D eigenvalue weighted by molar-refractivity contribution is 5.97. The molecule has 0 spiro atoms. The van der Waals surface area contributed by atoms with E-state index in [0.29, 0.717) is 24.2 Å². The van der Waals surface area contributed by atoms with Crippen LogP contribution < -0.4 is 9.64 Å². The fourth-order valence-corrected chi connectivity index (χ4v) is 2.17. The summed E-state index contributed by atoms with van der Waals surface area (Å²) in [6.45, 7) is 1.78. The lowest BCUT2D eigenvalue weighted by atomic mass is 10.1. The number of hydrogen-bond acceptors (Lipinski definition) is 5. The van der Waals surface area contributed by atoms with Gasteiger partial charge in [-0.1, -0.05) is 0 Å². The smallest absolute Gasteiger partial charge is 0.315 e. The van der Waals surface area contributed by atoms with Gasteiger partial charge in [-0.2, -0.15) is 0 Å². The van der Waals surface area contributed by atoms with E-state index in [1.807, 2.05) is 0 Å². The molecule has 2 rings (SSSR count). The Hall–Kier alpha value is -2.31. The van der Waals surface area contributed by atoms with Crippen molar-refractivity contribution in [3.8, 4) is 11.5 Å². The van der Waals surface area contributed by atoms with Crippen LogP contribution in [0.5, 0.6) is 11.5 Å². The van der Waals surface area contributed by atoms with Crippen molar-refractivity contribution in [3.05, 3.63) is 21.7 Å². The Bertz CT molecular complexity index is 541. The molecule has 1 heterocycles. The number of amides is 1. The summed E-state index contributed by atoms with van der Waals surface area (Å²) in [5, 5.41) is 20.9. The summed E-state index contributed by atoms with van der Waals surface area (Å²) in [6, 6.07) is 1.34. The molecule has 1 aliphatic heterocycles. The molecular weight excluding hydrogens is 240 g/mol. The first-order valence-electron chi connectivity index (χ1n) is 5.32. The second-order valence-corrected chi connectivity index (χ2v) is 3.96. The van der Waals surface area contributed by atoms with Gasteiger partial charge >= 0.3 is 5.69 Å². The number of phenolic OH excluding ortho intramolecular Hbond substituents is 1. The number of carbonyl (C=O) groups is 1. The average molecular weight is 252 g/mol. The fraction of sp³-hybridized carbons (Fsp3) is 0.364. The van der Waals surface area contributed by atoms with Crippen molar-refractivity contribution in [3.63, 3.8) is 0 Å². The molecule has 1 N–H and O–H groups in total. The quantitative estimate of drug-likeness (QED) is 0.631. The van der Waals surface area contributed by atoms with Gasteiger partial charge in [0.15, 0.2) is 5.75 Å². The normalized spacial score (nSPS) is 13.3. The van der Waals surface area contributed by atoms with Crippen molar-refractivity contribution in [2.24, 2.45) is 0 Å². The van der Waals surface area contributed by atoms with Crippen LogP contribution in [0.25, 0.3) is 0 Å². The van der Waals surface area contributed by atoms with Crippen LogP contribution in [0, 0.1) is 10.1 Å². The minimum atomic E-state index is -0.616. The van der Waals surface area contributed by atoms with Gasteiger partial charge in [0.2, 0.25) is 11.7 Å². The molecule has 0 saturated heterocycles. The van der Waals surface area contributed by atoms with Crippen LogP contribution in [-0.4, -0.2) is 29.6 Å². The van der Waals surface area contributed by atoms with Crippen LogP contribution in [0.15, 0.2) is 6.07 Å². The number of aromatic hydroxyl groups is 1. The van der Waals surface area contributed by atoms with Gasteiger partial charge in [0.25, 0.3) is 0 Å². The number of methoxy groups -OCH3 is 1. The predicted molar refractivity (Wildman–Crippen MR) is 63.0 cm³/mol. The molecule has 0 saturated carbocycles. The Kier molecular flexibility index (Phi) is 2.82. The molecule has 1 aliphatic rings.